The maximum Gasteiger partial charge on any atom is 0.124 e. The summed E-state index contributed by atoms with van der Waals surface area (Å²) in [5.74, 6) is 0.936. The topological polar surface area (TPSA) is 35.2 Å². The third-order valence-corrected chi connectivity index (χ3v) is 4.08. The first-order valence-corrected chi connectivity index (χ1v) is 8.73. The van der Waals surface area contributed by atoms with Crippen LogP contribution in [0.2, 0.25) is 0 Å². The van der Waals surface area contributed by atoms with Crippen LogP contribution in [0.5, 0.6) is 5.75 Å². The quantitative estimate of drug-likeness (QED) is 0.385. The van der Waals surface area contributed by atoms with Crippen molar-refractivity contribution in [3.8, 4) is 5.75 Å². The third-order valence-electron chi connectivity index (χ3n) is 4.08. The number of rotatable bonds is 12. The van der Waals surface area contributed by atoms with Crippen molar-refractivity contribution in [2.24, 2.45) is 0 Å². The summed E-state index contributed by atoms with van der Waals surface area (Å²) in [7, 11) is 0. The molecule has 0 aliphatic heterocycles. The highest BCUT2D eigenvalue weighted by Crippen LogP contribution is 2.23. The van der Waals surface area contributed by atoms with Gasteiger partial charge in [-0.25, -0.2) is 0 Å². The Morgan fingerprint density at radius 1 is 0.857 bits per heavy atom. The van der Waals surface area contributed by atoms with E-state index < -0.39 is 0 Å². The van der Waals surface area contributed by atoms with Crippen molar-refractivity contribution in [3.05, 3.63) is 23.8 Å². The van der Waals surface area contributed by atoms with E-state index in [1.807, 2.05) is 25.1 Å². The van der Waals surface area contributed by atoms with Crippen LogP contribution in [0, 0.1) is 6.92 Å². The van der Waals surface area contributed by atoms with Crippen molar-refractivity contribution in [1.29, 1.82) is 0 Å². The highest BCUT2D eigenvalue weighted by molar-refractivity contribution is 5.53. The second-order valence-corrected chi connectivity index (χ2v) is 6.00. The number of hydrogen-bond donors (Lipinski definition) is 1. The highest BCUT2D eigenvalue weighted by Gasteiger charge is 2.01. The summed E-state index contributed by atoms with van der Waals surface area (Å²) < 4.78 is 5.81. The van der Waals surface area contributed by atoms with E-state index in [-0.39, 0.29) is 0 Å². The molecule has 0 amide bonds. The molecule has 0 aromatic heterocycles. The third kappa shape index (κ3) is 7.99. The van der Waals surface area contributed by atoms with Crippen LogP contribution < -0.4 is 10.5 Å². The Balaban J connectivity index is 1.94. The molecule has 2 nitrogen and oxygen atoms in total. The van der Waals surface area contributed by atoms with Crippen molar-refractivity contribution in [2.75, 3.05) is 12.3 Å². The number of nitrogen functional groups attached to an aromatic ring is 1. The molecule has 2 N–H and O–H groups in total. The molecule has 0 heterocycles. The zero-order valence-electron chi connectivity index (χ0n) is 14.0. The molecule has 0 radical (unpaired) electrons. The average molecular weight is 291 g/mol. The smallest absolute Gasteiger partial charge is 0.124 e. The monoisotopic (exact) mass is 291 g/mol. The summed E-state index contributed by atoms with van der Waals surface area (Å²) in [6.07, 6.45) is 13.5. The second-order valence-electron chi connectivity index (χ2n) is 6.00. The normalized spacial score (nSPS) is 10.8. The second kappa shape index (κ2) is 11.5. The van der Waals surface area contributed by atoms with Crippen molar-refractivity contribution >= 4 is 5.69 Å². The van der Waals surface area contributed by atoms with E-state index in [0.717, 1.165) is 30.0 Å². The molecule has 0 spiro atoms. The van der Waals surface area contributed by atoms with Gasteiger partial charge in [-0.15, -0.1) is 0 Å². The molecule has 0 saturated heterocycles. The summed E-state index contributed by atoms with van der Waals surface area (Å²) >= 11 is 0. The molecule has 0 fully saturated rings. The first-order chi connectivity index (χ1) is 10.3. The molecule has 1 aromatic carbocycles. The minimum Gasteiger partial charge on any atom is -0.493 e. The molecular weight excluding hydrogens is 258 g/mol. The van der Waals surface area contributed by atoms with Crippen LogP contribution >= 0.6 is 0 Å². The van der Waals surface area contributed by atoms with Gasteiger partial charge in [0.05, 0.1) is 6.61 Å². The molecule has 1 aromatic rings. The first kappa shape index (κ1) is 17.9. The standard InChI is InChI=1S/C19H33NO/c1-3-4-5-6-7-8-9-10-11-12-16-21-19-15-13-14-18(20)17(19)2/h13-15H,3-12,16,20H2,1-2H3. The summed E-state index contributed by atoms with van der Waals surface area (Å²) in [4.78, 5) is 0. The van der Waals surface area contributed by atoms with Gasteiger partial charge in [0.2, 0.25) is 0 Å². The van der Waals surface area contributed by atoms with Gasteiger partial charge < -0.3 is 10.5 Å². The Morgan fingerprint density at radius 2 is 1.43 bits per heavy atom. The molecule has 0 aliphatic carbocycles. The minimum absolute atomic E-state index is 0.806. The Bertz CT molecular complexity index is 376. The van der Waals surface area contributed by atoms with Crippen molar-refractivity contribution < 1.29 is 4.74 Å². The zero-order chi connectivity index (χ0) is 15.3. The van der Waals surface area contributed by atoms with Gasteiger partial charge >= 0.3 is 0 Å². The van der Waals surface area contributed by atoms with Crippen molar-refractivity contribution in [2.45, 2.75) is 78.1 Å². The Hall–Kier alpha value is -1.18. The Labute approximate surface area is 131 Å². The highest BCUT2D eigenvalue weighted by atomic mass is 16.5. The summed E-state index contributed by atoms with van der Waals surface area (Å²) in [5, 5.41) is 0. The van der Waals surface area contributed by atoms with Crippen LogP contribution in [0.4, 0.5) is 5.69 Å². The number of ether oxygens (including phenoxy) is 1. The van der Waals surface area contributed by atoms with Crippen LogP contribution in [0.3, 0.4) is 0 Å². The lowest BCUT2D eigenvalue weighted by atomic mass is 10.1. The van der Waals surface area contributed by atoms with E-state index in [1.54, 1.807) is 0 Å². The van der Waals surface area contributed by atoms with E-state index in [0.29, 0.717) is 0 Å². The largest absolute Gasteiger partial charge is 0.493 e. The maximum atomic E-state index is 5.87. The first-order valence-electron chi connectivity index (χ1n) is 8.73. The Morgan fingerprint density at radius 3 is 2.05 bits per heavy atom. The van der Waals surface area contributed by atoms with E-state index in [2.05, 4.69) is 6.92 Å². The summed E-state index contributed by atoms with van der Waals surface area (Å²) in [6.45, 7) is 5.09. The van der Waals surface area contributed by atoms with E-state index in [4.69, 9.17) is 10.5 Å². The SMILES string of the molecule is CCCCCCCCCCCCOc1cccc(N)c1C. The van der Waals surface area contributed by atoms with Crippen LogP contribution in [-0.4, -0.2) is 6.61 Å². The average Bonchev–Trinajstić information content (AvgIpc) is 2.49. The van der Waals surface area contributed by atoms with Gasteiger partial charge in [0, 0.05) is 11.3 Å². The van der Waals surface area contributed by atoms with Gasteiger partial charge in [0.15, 0.2) is 0 Å². The van der Waals surface area contributed by atoms with Crippen LogP contribution in [0.1, 0.15) is 76.7 Å². The maximum absolute atomic E-state index is 5.87. The molecule has 2 heteroatoms. The molecule has 0 atom stereocenters. The van der Waals surface area contributed by atoms with Gasteiger partial charge in [-0.05, 0) is 25.5 Å². The number of hydrogen-bond acceptors (Lipinski definition) is 2. The molecule has 1 rings (SSSR count). The Kier molecular flexibility index (Phi) is 9.77. The molecule has 0 bridgehead atoms. The fourth-order valence-electron chi connectivity index (χ4n) is 2.56. The number of anilines is 1. The van der Waals surface area contributed by atoms with E-state index in [1.165, 1.54) is 57.8 Å². The van der Waals surface area contributed by atoms with E-state index >= 15 is 0 Å². The van der Waals surface area contributed by atoms with Gasteiger partial charge in [-0.3, -0.25) is 0 Å². The molecule has 0 saturated carbocycles. The number of unbranched alkanes of at least 4 members (excludes halogenated alkanes) is 9. The van der Waals surface area contributed by atoms with E-state index in [9.17, 15) is 0 Å². The molecule has 120 valence electrons. The zero-order valence-corrected chi connectivity index (χ0v) is 14.0. The lowest BCUT2D eigenvalue weighted by molar-refractivity contribution is 0.302. The van der Waals surface area contributed by atoms with Gasteiger partial charge in [0.1, 0.15) is 5.75 Å². The van der Waals surface area contributed by atoms with Gasteiger partial charge in [-0.2, -0.15) is 0 Å². The van der Waals surface area contributed by atoms with Crippen LogP contribution in [-0.2, 0) is 0 Å². The predicted molar refractivity (Wildman–Crippen MR) is 92.9 cm³/mol. The van der Waals surface area contributed by atoms with Gasteiger partial charge in [-0.1, -0.05) is 70.8 Å². The van der Waals surface area contributed by atoms with Gasteiger partial charge in [0.25, 0.3) is 0 Å². The fraction of sp³-hybridized carbons (Fsp3) is 0.684. The number of nitrogens with two attached hydrogens (primary N) is 1. The number of benzene rings is 1. The molecular formula is C19H33NO. The minimum atomic E-state index is 0.806. The lowest BCUT2D eigenvalue weighted by Gasteiger charge is -2.10. The molecule has 21 heavy (non-hydrogen) atoms. The molecule has 0 aliphatic rings. The molecule has 0 unspecified atom stereocenters. The summed E-state index contributed by atoms with van der Waals surface area (Å²) in [6, 6.07) is 5.88. The van der Waals surface area contributed by atoms with Crippen molar-refractivity contribution in [1.82, 2.24) is 0 Å². The van der Waals surface area contributed by atoms with Crippen molar-refractivity contribution in [3.63, 3.8) is 0 Å². The summed E-state index contributed by atoms with van der Waals surface area (Å²) in [5.41, 5.74) is 7.74. The fourth-order valence-corrected chi connectivity index (χ4v) is 2.56. The van der Waals surface area contributed by atoms with Crippen LogP contribution in [0.15, 0.2) is 18.2 Å². The van der Waals surface area contributed by atoms with Crippen LogP contribution in [0.25, 0.3) is 0 Å². The predicted octanol–water partition coefficient (Wildman–Crippen LogP) is 5.88. The lowest BCUT2D eigenvalue weighted by Crippen LogP contribution is -2.00.